The molecule has 0 N–H and O–H groups in total. The largest absolute Gasteiger partial charge is 0.336 e. The zero-order valence-corrected chi connectivity index (χ0v) is 13.8. The highest BCUT2D eigenvalue weighted by Gasteiger charge is 2.24. The molecule has 21 heavy (non-hydrogen) atoms. The van der Waals surface area contributed by atoms with E-state index in [1.807, 2.05) is 72.1 Å². The summed E-state index contributed by atoms with van der Waals surface area (Å²) in [6.45, 7) is 10.5. The Labute approximate surface area is 127 Å². The molecule has 0 unspecified atom stereocenters. The van der Waals surface area contributed by atoms with Crippen LogP contribution in [0.2, 0.25) is 0 Å². The fourth-order valence-electron chi connectivity index (χ4n) is 2.30. The molecule has 4 nitrogen and oxygen atoms in total. The molecule has 2 heterocycles. The summed E-state index contributed by atoms with van der Waals surface area (Å²) in [6.07, 6.45) is 1.83. The number of hydrogen-bond donors (Lipinski definition) is 0. The van der Waals surface area contributed by atoms with Crippen molar-refractivity contribution < 1.29 is 4.79 Å². The first-order valence-corrected chi connectivity index (χ1v) is 7.56. The number of aromatic nitrogens is 2. The monoisotopic (exact) mass is 287 g/mol. The number of para-hydroxylation sites is 1. The molecule has 2 aromatic rings. The maximum atomic E-state index is 12.2. The summed E-state index contributed by atoms with van der Waals surface area (Å²) in [5.41, 5.74) is 2.70. The van der Waals surface area contributed by atoms with Crippen LogP contribution < -0.4 is 0 Å². The SMILES string of the molecule is CC.CC.Cc1ncc2n1-c1ccccc1C(=O)N(C)C2. The van der Waals surface area contributed by atoms with Gasteiger partial charge in [-0.25, -0.2) is 4.98 Å². The Kier molecular flexibility index (Phi) is 6.15. The first kappa shape index (κ1) is 17.0. The van der Waals surface area contributed by atoms with Crippen LogP contribution in [-0.4, -0.2) is 27.4 Å². The van der Waals surface area contributed by atoms with Crippen molar-refractivity contribution in [1.82, 2.24) is 14.5 Å². The molecule has 0 bridgehead atoms. The van der Waals surface area contributed by atoms with Gasteiger partial charge in [0.05, 0.1) is 29.7 Å². The van der Waals surface area contributed by atoms with Gasteiger partial charge in [0.25, 0.3) is 5.91 Å². The zero-order chi connectivity index (χ0) is 16.0. The van der Waals surface area contributed by atoms with E-state index in [2.05, 4.69) is 9.55 Å². The fraction of sp³-hybridized carbons (Fsp3) is 0.412. The van der Waals surface area contributed by atoms with Crippen molar-refractivity contribution in [3.05, 3.63) is 47.5 Å². The maximum Gasteiger partial charge on any atom is 0.256 e. The highest BCUT2D eigenvalue weighted by atomic mass is 16.2. The van der Waals surface area contributed by atoms with Crippen molar-refractivity contribution in [2.24, 2.45) is 0 Å². The molecular formula is C17H25N3O. The molecular weight excluding hydrogens is 262 g/mol. The topological polar surface area (TPSA) is 38.1 Å². The lowest BCUT2D eigenvalue weighted by Gasteiger charge is -2.13. The van der Waals surface area contributed by atoms with Crippen molar-refractivity contribution in [3.8, 4) is 5.69 Å². The molecule has 0 radical (unpaired) electrons. The second kappa shape index (κ2) is 7.62. The van der Waals surface area contributed by atoms with E-state index in [1.54, 1.807) is 4.90 Å². The van der Waals surface area contributed by atoms with Gasteiger partial charge in [-0.05, 0) is 19.1 Å². The molecule has 1 amide bonds. The van der Waals surface area contributed by atoms with Crippen LogP contribution in [0.4, 0.5) is 0 Å². The van der Waals surface area contributed by atoms with E-state index in [0.717, 1.165) is 22.8 Å². The molecule has 0 spiro atoms. The van der Waals surface area contributed by atoms with E-state index in [1.165, 1.54) is 0 Å². The predicted octanol–water partition coefficient (Wildman–Crippen LogP) is 3.82. The summed E-state index contributed by atoms with van der Waals surface area (Å²) >= 11 is 0. The van der Waals surface area contributed by atoms with E-state index >= 15 is 0 Å². The van der Waals surface area contributed by atoms with Crippen molar-refractivity contribution >= 4 is 5.91 Å². The summed E-state index contributed by atoms with van der Waals surface area (Å²) in [7, 11) is 1.82. The number of aryl methyl sites for hydroxylation is 1. The highest BCUT2D eigenvalue weighted by molar-refractivity contribution is 5.98. The summed E-state index contributed by atoms with van der Waals surface area (Å²) in [5, 5.41) is 0. The van der Waals surface area contributed by atoms with Gasteiger partial charge >= 0.3 is 0 Å². The molecule has 0 saturated carbocycles. The Morgan fingerprint density at radius 3 is 2.38 bits per heavy atom. The van der Waals surface area contributed by atoms with Crippen LogP contribution in [0, 0.1) is 6.92 Å². The highest BCUT2D eigenvalue weighted by Crippen LogP contribution is 2.24. The van der Waals surface area contributed by atoms with Gasteiger partial charge in [0.15, 0.2) is 0 Å². The molecule has 0 saturated heterocycles. The van der Waals surface area contributed by atoms with Crippen LogP contribution in [0.5, 0.6) is 0 Å². The van der Waals surface area contributed by atoms with Gasteiger partial charge in [0, 0.05) is 7.05 Å². The first-order chi connectivity index (χ1) is 10.2. The molecule has 114 valence electrons. The molecule has 1 aromatic heterocycles. The van der Waals surface area contributed by atoms with E-state index in [-0.39, 0.29) is 5.91 Å². The summed E-state index contributed by atoms with van der Waals surface area (Å²) < 4.78 is 2.05. The van der Waals surface area contributed by atoms with E-state index in [4.69, 9.17) is 0 Å². The average molecular weight is 287 g/mol. The van der Waals surface area contributed by atoms with E-state index in [0.29, 0.717) is 6.54 Å². The number of hydrogen-bond acceptors (Lipinski definition) is 2. The van der Waals surface area contributed by atoms with Gasteiger partial charge in [-0.3, -0.25) is 9.36 Å². The number of nitrogens with zero attached hydrogens (tertiary/aromatic N) is 3. The van der Waals surface area contributed by atoms with Gasteiger partial charge in [-0.2, -0.15) is 0 Å². The van der Waals surface area contributed by atoms with Crippen molar-refractivity contribution in [2.75, 3.05) is 7.05 Å². The lowest BCUT2D eigenvalue weighted by Crippen LogP contribution is -2.24. The third kappa shape index (κ3) is 3.15. The summed E-state index contributed by atoms with van der Waals surface area (Å²) in [6, 6.07) is 7.66. The number of rotatable bonds is 0. The molecule has 1 aromatic carbocycles. The van der Waals surface area contributed by atoms with Gasteiger partial charge in [-0.1, -0.05) is 39.8 Å². The minimum Gasteiger partial charge on any atom is -0.336 e. The van der Waals surface area contributed by atoms with Crippen LogP contribution >= 0.6 is 0 Å². The molecule has 4 heteroatoms. The normalized spacial score (nSPS) is 12.1. The minimum atomic E-state index is 0.0590. The molecule has 1 aliphatic rings. The third-order valence-corrected chi connectivity index (χ3v) is 3.13. The summed E-state index contributed by atoms with van der Waals surface area (Å²) in [5.74, 6) is 0.972. The maximum absolute atomic E-state index is 12.2. The molecule has 1 aliphatic heterocycles. The fourth-order valence-corrected chi connectivity index (χ4v) is 2.30. The van der Waals surface area contributed by atoms with Crippen LogP contribution in [0.3, 0.4) is 0 Å². The predicted molar refractivity (Wildman–Crippen MR) is 86.8 cm³/mol. The molecule has 3 rings (SSSR count). The lowest BCUT2D eigenvalue weighted by molar-refractivity contribution is 0.0788. The molecule has 0 atom stereocenters. The average Bonchev–Trinajstić information content (AvgIpc) is 2.86. The number of carbonyl (C=O) groups excluding carboxylic acids is 1. The Morgan fingerprint density at radius 2 is 1.71 bits per heavy atom. The van der Waals surface area contributed by atoms with Crippen molar-refractivity contribution in [1.29, 1.82) is 0 Å². The molecule has 0 aliphatic carbocycles. The van der Waals surface area contributed by atoms with Gasteiger partial charge < -0.3 is 4.90 Å². The minimum absolute atomic E-state index is 0.0590. The van der Waals surface area contributed by atoms with Crippen LogP contribution in [0.1, 0.15) is 49.6 Å². The Hall–Kier alpha value is -2.10. The van der Waals surface area contributed by atoms with Crippen LogP contribution in [0.15, 0.2) is 30.5 Å². The zero-order valence-electron chi connectivity index (χ0n) is 13.8. The number of imidazole rings is 1. The van der Waals surface area contributed by atoms with Crippen LogP contribution in [-0.2, 0) is 6.54 Å². The second-order valence-electron chi connectivity index (χ2n) is 4.31. The number of fused-ring (bicyclic) bond motifs is 3. The van der Waals surface area contributed by atoms with E-state index < -0.39 is 0 Å². The second-order valence-corrected chi connectivity index (χ2v) is 4.31. The number of benzene rings is 1. The van der Waals surface area contributed by atoms with Crippen molar-refractivity contribution in [2.45, 2.75) is 41.2 Å². The van der Waals surface area contributed by atoms with Gasteiger partial charge in [-0.15, -0.1) is 0 Å². The standard InChI is InChI=1S/C13H13N3O.2C2H6/c1-9-14-7-10-8-15(2)13(17)11-5-3-4-6-12(11)16(9)10;2*1-2/h3-7H,8H2,1-2H3;2*1-2H3. The van der Waals surface area contributed by atoms with Gasteiger partial charge in [0.2, 0.25) is 0 Å². The third-order valence-electron chi connectivity index (χ3n) is 3.13. The lowest BCUT2D eigenvalue weighted by atomic mass is 10.1. The van der Waals surface area contributed by atoms with Crippen molar-refractivity contribution in [3.63, 3.8) is 0 Å². The Morgan fingerprint density at radius 1 is 1.10 bits per heavy atom. The van der Waals surface area contributed by atoms with E-state index in [9.17, 15) is 4.79 Å². The van der Waals surface area contributed by atoms with Crippen LogP contribution in [0.25, 0.3) is 5.69 Å². The Balaban J connectivity index is 0.000000510. The summed E-state index contributed by atoms with van der Waals surface area (Å²) in [4.78, 5) is 18.3. The molecule has 0 fully saturated rings. The number of carbonyl (C=O) groups is 1. The quantitative estimate of drug-likeness (QED) is 0.739. The Bertz CT molecular complexity index is 602. The van der Waals surface area contributed by atoms with Gasteiger partial charge in [0.1, 0.15) is 5.82 Å². The smallest absolute Gasteiger partial charge is 0.256 e. The number of amides is 1. The first-order valence-electron chi connectivity index (χ1n) is 7.56.